The third kappa shape index (κ3) is 3.51. The van der Waals surface area contributed by atoms with Gasteiger partial charge in [0.25, 0.3) is 0 Å². The van der Waals surface area contributed by atoms with E-state index >= 15 is 0 Å². The van der Waals surface area contributed by atoms with Gasteiger partial charge in [-0.25, -0.2) is 8.42 Å². The van der Waals surface area contributed by atoms with Gasteiger partial charge in [0, 0.05) is 18.9 Å². The van der Waals surface area contributed by atoms with Gasteiger partial charge in [0.2, 0.25) is 5.91 Å². The van der Waals surface area contributed by atoms with Crippen molar-refractivity contribution in [2.24, 2.45) is 0 Å². The minimum absolute atomic E-state index is 0.0194. The number of hydrogen-bond acceptors (Lipinski definition) is 4. The zero-order chi connectivity index (χ0) is 16.3. The summed E-state index contributed by atoms with van der Waals surface area (Å²) in [4.78, 5) is 14.5. The molecular formula is C15H25N3O3S. The molecule has 1 saturated heterocycles. The number of likely N-dealkylation sites (tertiary alicyclic amines) is 1. The Morgan fingerprint density at radius 2 is 2.05 bits per heavy atom. The van der Waals surface area contributed by atoms with Crippen molar-refractivity contribution in [2.45, 2.75) is 63.1 Å². The van der Waals surface area contributed by atoms with E-state index < -0.39 is 20.3 Å². The van der Waals surface area contributed by atoms with Crippen LogP contribution in [0.3, 0.4) is 0 Å². The Morgan fingerprint density at radius 3 is 2.64 bits per heavy atom. The minimum Gasteiger partial charge on any atom is -0.337 e. The zero-order valence-electron chi connectivity index (χ0n) is 13.5. The normalized spacial score (nSPS) is 21.1. The van der Waals surface area contributed by atoms with E-state index in [-0.39, 0.29) is 11.9 Å². The van der Waals surface area contributed by atoms with Crippen LogP contribution < -0.4 is 0 Å². The number of piperidine rings is 1. The van der Waals surface area contributed by atoms with Crippen LogP contribution in [0.25, 0.3) is 0 Å². The maximum absolute atomic E-state index is 12.7. The lowest BCUT2D eigenvalue weighted by atomic mass is 10.0. The molecule has 22 heavy (non-hydrogen) atoms. The molecule has 0 radical (unpaired) electrons. The van der Waals surface area contributed by atoms with Gasteiger partial charge in [-0.2, -0.15) is 5.10 Å². The van der Waals surface area contributed by atoms with Gasteiger partial charge in [-0.3, -0.25) is 9.48 Å². The third-order valence-electron chi connectivity index (χ3n) is 4.36. The first-order chi connectivity index (χ1) is 10.3. The van der Waals surface area contributed by atoms with Gasteiger partial charge in [-0.1, -0.05) is 0 Å². The number of carbonyl (C=O) groups excluding carboxylic acids is 1. The first-order valence-electron chi connectivity index (χ1n) is 7.84. The summed E-state index contributed by atoms with van der Waals surface area (Å²) in [6, 6.07) is 1.87. The third-order valence-corrected chi connectivity index (χ3v) is 6.87. The van der Waals surface area contributed by atoms with Crippen LogP contribution in [0.15, 0.2) is 18.5 Å². The fourth-order valence-corrected chi connectivity index (χ4v) is 4.12. The van der Waals surface area contributed by atoms with E-state index in [0.717, 1.165) is 19.3 Å². The van der Waals surface area contributed by atoms with Gasteiger partial charge in [0.15, 0.2) is 9.84 Å². The summed E-state index contributed by atoms with van der Waals surface area (Å²) in [5.41, 5.74) is 0. The topological polar surface area (TPSA) is 72.3 Å². The van der Waals surface area contributed by atoms with Crippen molar-refractivity contribution in [3.63, 3.8) is 0 Å². The molecule has 0 spiro atoms. The summed E-state index contributed by atoms with van der Waals surface area (Å²) in [5.74, 6) is -0.273. The SMILES string of the molecule is CC(C)S(=O)(=O)[C@H](C)C(=O)N1CCCC[C@H]1Cn1cccn1. The smallest absolute Gasteiger partial charge is 0.240 e. The lowest BCUT2D eigenvalue weighted by molar-refractivity contribution is -0.134. The maximum atomic E-state index is 12.7. The van der Waals surface area contributed by atoms with Crippen LogP contribution in [0.5, 0.6) is 0 Å². The second kappa shape index (κ2) is 6.81. The van der Waals surface area contributed by atoms with Gasteiger partial charge < -0.3 is 4.90 Å². The summed E-state index contributed by atoms with van der Waals surface area (Å²) in [7, 11) is -3.42. The Balaban J connectivity index is 2.14. The second-order valence-corrected chi connectivity index (χ2v) is 9.02. The molecule has 124 valence electrons. The molecular weight excluding hydrogens is 302 g/mol. The van der Waals surface area contributed by atoms with Gasteiger partial charge in [0.1, 0.15) is 5.25 Å². The molecule has 1 amide bonds. The lowest BCUT2D eigenvalue weighted by Crippen LogP contribution is -2.51. The fourth-order valence-electron chi connectivity index (χ4n) is 2.89. The number of carbonyl (C=O) groups is 1. The molecule has 1 fully saturated rings. The molecule has 2 heterocycles. The van der Waals surface area contributed by atoms with E-state index in [9.17, 15) is 13.2 Å². The lowest BCUT2D eigenvalue weighted by Gasteiger charge is -2.37. The molecule has 2 atom stereocenters. The van der Waals surface area contributed by atoms with Crippen molar-refractivity contribution in [3.8, 4) is 0 Å². The molecule has 0 aromatic carbocycles. The molecule has 0 unspecified atom stereocenters. The minimum atomic E-state index is -3.42. The van der Waals surface area contributed by atoms with Gasteiger partial charge in [-0.05, 0) is 46.1 Å². The summed E-state index contributed by atoms with van der Waals surface area (Å²) < 4.78 is 26.3. The molecule has 0 aliphatic carbocycles. The second-order valence-electron chi connectivity index (χ2n) is 6.19. The predicted octanol–water partition coefficient (Wildman–Crippen LogP) is 1.48. The summed E-state index contributed by atoms with van der Waals surface area (Å²) >= 11 is 0. The average molecular weight is 327 g/mol. The van der Waals surface area contributed by atoms with Crippen LogP contribution >= 0.6 is 0 Å². The van der Waals surface area contributed by atoms with E-state index in [1.807, 2.05) is 12.3 Å². The van der Waals surface area contributed by atoms with Crippen molar-refractivity contribution < 1.29 is 13.2 Å². The molecule has 7 heteroatoms. The molecule has 2 rings (SSSR count). The highest BCUT2D eigenvalue weighted by molar-refractivity contribution is 7.93. The Kier molecular flexibility index (Phi) is 5.26. The Hall–Kier alpha value is -1.37. The first kappa shape index (κ1) is 17.0. The van der Waals surface area contributed by atoms with Gasteiger partial charge in [-0.15, -0.1) is 0 Å². The molecule has 0 saturated carbocycles. The number of aromatic nitrogens is 2. The highest BCUT2D eigenvalue weighted by atomic mass is 32.2. The largest absolute Gasteiger partial charge is 0.337 e. The van der Waals surface area contributed by atoms with Gasteiger partial charge >= 0.3 is 0 Å². The van der Waals surface area contributed by atoms with E-state index in [2.05, 4.69) is 5.10 Å². The van der Waals surface area contributed by atoms with Crippen molar-refractivity contribution in [1.82, 2.24) is 14.7 Å². The van der Waals surface area contributed by atoms with Crippen LogP contribution in [-0.2, 0) is 21.2 Å². The molecule has 1 aromatic heterocycles. The van der Waals surface area contributed by atoms with Crippen LogP contribution in [0, 0.1) is 0 Å². The number of amides is 1. The van der Waals surface area contributed by atoms with Crippen LogP contribution in [0.1, 0.15) is 40.0 Å². The monoisotopic (exact) mass is 327 g/mol. The maximum Gasteiger partial charge on any atom is 0.240 e. The number of sulfone groups is 1. The average Bonchev–Trinajstić information content (AvgIpc) is 2.99. The summed E-state index contributed by atoms with van der Waals surface area (Å²) in [6.07, 6.45) is 6.45. The van der Waals surface area contributed by atoms with Crippen molar-refractivity contribution >= 4 is 15.7 Å². The number of hydrogen-bond donors (Lipinski definition) is 0. The molecule has 1 aliphatic heterocycles. The van der Waals surface area contributed by atoms with E-state index in [1.54, 1.807) is 29.6 Å². The van der Waals surface area contributed by atoms with E-state index in [1.165, 1.54) is 6.92 Å². The highest BCUT2D eigenvalue weighted by Crippen LogP contribution is 2.22. The summed E-state index contributed by atoms with van der Waals surface area (Å²) in [5, 5.41) is 2.66. The Bertz CT molecular complexity index is 596. The Labute approximate surface area is 132 Å². The quantitative estimate of drug-likeness (QED) is 0.821. The van der Waals surface area contributed by atoms with Crippen molar-refractivity contribution in [2.75, 3.05) is 6.54 Å². The highest BCUT2D eigenvalue weighted by Gasteiger charge is 2.37. The molecule has 0 N–H and O–H groups in total. The van der Waals surface area contributed by atoms with Crippen LogP contribution in [-0.4, -0.2) is 52.1 Å². The van der Waals surface area contributed by atoms with E-state index in [0.29, 0.717) is 13.1 Å². The van der Waals surface area contributed by atoms with Gasteiger partial charge in [0.05, 0.1) is 17.8 Å². The van der Waals surface area contributed by atoms with Crippen LogP contribution in [0.2, 0.25) is 0 Å². The fraction of sp³-hybridized carbons (Fsp3) is 0.733. The molecule has 6 nitrogen and oxygen atoms in total. The van der Waals surface area contributed by atoms with Crippen molar-refractivity contribution in [3.05, 3.63) is 18.5 Å². The molecule has 1 aromatic rings. The van der Waals surface area contributed by atoms with Crippen LogP contribution in [0.4, 0.5) is 0 Å². The van der Waals surface area contributed by atoms with Crippen molar-refractivity contribution in [1.29, 1.82) is 0 Å². The molecule has 1 aliphatic rings. The standard InChI is InChI=1S/C15H25N3O3S/c1-12(2)22(20,21)13(3)15(19)18-10-5-4-7-14(18)11-17-9-6-8-16-17/h6,8-9,12-14H,4-5,7,10-11H2,1-3H3/t13-,14+/m1/s1. The zero-order valence-corrected chi connectivity index (χ0v) is 14.3. The summed E-state index contributed by atoms with van der Waals surface area (Å²) in [6.45, 7) is 6.00. The first-order valence-corrected chi connectivity index (χ1v) is 9.45. The Morgan fingerprint density at radius 1 is 1.32 bits per heavy atom. The predicted molar refractivity (Wildman–Crippen MR) is 85.1 cm³/mol. The number of nitrogens with zero attached hydrogens (tertiary/aromatic N) is 3. The molecule has 0 bridgehead atoms. The van der Waals surface area contributed by atoms with E-state index in [4.69, 9.17) is 0 Å². The number of rotatable bonds is 5.